The Labute approximate surface area is 118 Å². The van der Waals surface area contributed by atoms with Gasteiger partial charge in [0, 0.05) is 18.2 Å². The first-order valence-electron chi connectivity index (χ1n) is 5.87. The van der Waals surface area contributed by atoms with E-state index in [4.69, 9.17) is 4.74 Å². The van der Waals surface area contributed by atoms with E-state index in [1.54, 1.807) is 0 Å². The molecule has 104 valence electrons. The van der Waals surface area contributed by atoms with Crippen molar-refractivity contribution in [3.63, 3.8) is 0 Å². The molecule has 6 heteroatoms. The lowest BCUT2D eigenvalue weighted by Crippen LogP contribution is -2.27. The summed E-state index contributed by atoms with van der Waals surface area (Å²) >= 11 is 1.13. The average Bonchev–Trinajstić information content (AvgIpc) is 2.66. The van der Waals surface area contributed by atoms with Crippen molar-refractivity contribution >= 4 is 33.9 Å². The second kappa shape index (κ2) is 4.83. The predicted molar refractivity (Wildman–Crippen MR) is 74.4 cm³/mol. The molecule has 1 aliphatic carbocycles. The molecule has 0 aromatic carbocycles. The van der Waals surface area contributed by atoms with E-state index in [-0.39, 0.29) is 11.2 Å². The molecule has 0 radical (unpaired) electrons. The number of ketones is 1. The van der Waals surface area contributed by atoms with Crippen LogP contribution in [0.25, 0.3) is 0 Å². The van der Waals surface area contributed by atoms with Crippen molar-refractivity contribution in [2.75, 3.05) is 13.4 Å². The Morgan fingerprint density at radius 3 is 2.53 bits per heavy atom. The van der Waals surface area contributed by atoms with Gasteiger partial charge in [0.25, 0.3) is 0 Å². The zero-order valence-corrected chi connectivity index (χ0v) is 13.0. The molecule has 1 atom stereocenters. The Balaban J connectivity index is 2.68. The van der Waals surface area contributed by atoms with E-state index in [9.17, 15) is 13.8 Å². The van der Waals surface area contributed by atoms with Crippen molar-refractivity contribution in [2.24, 2.45) is 5.41 Å². The summed E-state index contributed by atoms with van der Waals surface area (Å²) in [5.41, 5.74) is 1.02. The van der Waals surface area contributed by atoms with Crippen molar-refractivity contribution < 1.29 is 18.5 Å². The molecule has 0 amide bonds. The van der Waals surface area contributed by atoms with Crippen molar-refractivity contribution in [1.82, 2.24) is 0 Å². The molecule has 0 fully saturated rings. The molecule has 0 bridgehead atoms. The zero-order chi connectivity index (χ0) is 14.4. The van der Waals surface area contributed by atoms with Crippen LogP contribution < -0.4 is 0 Å². The van der Waals surface area contributed by atoms with Crippen LogP contribution in [0, 0.1) is 5.41 Å². The minimum absolute atomic E-state index is 0.0251. The van der Waals surface area contributed by atoms with Crippen molar-refractivity contribution in [1.29, 1.82) is 0 Å². The van der Waals surface area contributed by atoms with Crippen LogP contribution in [0.1, 0.15) is 45.9 Å². The zero-order valence-electron chi connectivity index (χ0n) is 11.4. The SMILES string of the molecule is COC(=O)c1sc([S@@](C)=O)c2c1CC(C)(C)CC2=O. The van der Waals surface area contributed by atoms with Gasteiger partial charge in [-0.15, -0.1) is 11.3 Å². The lowest BCUT2D eigenvalue weighted by molar-refractivity contribution is 0.0604. The first kappa shape index (κ1) is 14.4. The summed E-state index contributed by atoms with van der Waals surface area (Å²) in [6.45, 7) is 3.99. The molecule has 0 spiro atoms. The summed E-state index contributed by atoms with van der Waals surface area (Å²) in [5, 5.41) is 0. The van der Waals surface area contributed by atoms with E-state index in [0.29, 0.717) is 33.1 Å². The largest absolute Gasteiger partial charge is 0.465 e. The molecule has 1 aromatic rings. The highest BCUT2D eigenvalue weighted by atomic mass is 32.2. The summed E-state index contributed by atoms with van der Waals surface area (Å²) in [4.78, 5) is 24.5. The number of methoxy groups -OCH3 is 1. The quantitative estimate of drug-likeness (QED) is 0.787. The lowest BCUT2D eigenvalue weighted by atomic mass is 9.74. The Morgan fingerprint density at radius 1 is 1.37 bits per heavy atom. The fourth-order valence-corrected chi connectivity index (χ4v) is 4.65. The van der Waals surface area contributed by atoms with E-state index in [1.807, 2.05) is 13.8 Å². The predicted octanol–water partition coefficient (Wildman–Crippen LogP) is 2.43. The number of esters is 1. The molecule has 19 heavy (non-hydrogen) atoms. The molecular weight excluding hydrogens is 284 g/mol. The van der Waals surface area contributed by atoms with Gasteiger partial charge in [-0.3, -0.25) is 9.00 Å². The molecule has 0 N–H and O–H groups in total. The third-order valence-electron chi connectivity index (χ3n) is 3.18. The number of hydrogen-bond donors (Lipinski definition) is 0. The van der Waals surface area contributed by atoms with Crippen LogP contribution in [0.2, 0.25) is 0 Å². The maximum atomic E-state index is 12.3. The molecule has 1 heterocycles. The third kappa shape index (κ3) is 2.51. The highest BCUT2D eigenvalue weighted by Crippen LogP contribution is 2.42. The molecule has 0 aliphatic heterocycles. The van der Waals surface area contributed by atoms with Crippen LogP contribution in [0.5, 0.6) is 0 Å². The number of carbonyl (C=O) groups excluding carboxylic acids is 2. The number of Topliss-reactive ketones (excluding diaryl/α,β-unsaturated/α-hetero) is 1. The number of ether oxygens (including phenoxy) is 1. The summed E-state index contributed by atoms with van der Waals surface area (Å²) in [6, 6.07) is 0. The number of carbonyl (C=O) groups is 2. The minimum Gasteiger partial charge on any atom is -0.465 e. The molecule has 0 unspecified atom stereocenters. The first-order valence-corrected chi connectivity index (χ1v) is 8.25. The Kier molecular flexibility index (Phi) is 3.66. The van der Waals surface area contributed by atoms with Gasteiger partial charge in [-0.2, -0.15) is 0 Å². The van der Waals surface area contributed by atoms with Crippen LogP contribution in [0.15, 0.2) is 4.21 Å². The number of hydrogen-bond acceptors (Lipinski definition) is 5. The van der Waals surface area contributed by atoms with Crippen LogP contribution in [0.3, 0.4) is 0 Å². The third-order valence-corrected chi connectivity index (χ3v) is 5.87. The Morgan fingerprint density at radius 2 is 2.00 bits per heavy atom. The lowest BCUT2D eigenvalue weighted by Gasteiger charge is -2.29. The van der Waals surface area contributed by atoms with Gasteiger partial charge in [-0.1, -0.05) is 13.8 Å². The van der Waals surface area contributed by atoms with Crippen LogP contribution in [-0.2, 0) is 22.0 Å². The van der Waals surface area contributed by atoms with E-state index in [2.05, 4.69) is 0 Å². The van der Waals surface area contributed by atoms with Crippen LogP contribution >= 0.6 is 11.3 Å². The minimum atomic E-state index is -1.27. The van der Waals surface area contributed by atoms with Gasteiger partial charge < -0.3 is 4.74 Å². The average molecular weight is 300 g/mol. The molecule has 1 aromatic heterocycles. The van der Waals surface area contributed by atoms with E-state index < -0.39 is 16.8 Å². The topological polar surface area (TPSA) is 60.4 Å². The number of rotatable bonds is 2. The highest BCUT2D eigenvalue weighted by molar-refractivity contribution is 7.86. The summed E-state index contributed by atoms with van der Waals surface area (Å²) < 4.78 is 17.0. The van der Waals surface area contributed by atoms with Crippen molar-refractivity contribution in [2.45, 2.75) is 30.9 Å². The van der Waals surface area contributed by atoms with Gasteiger partial charge in [0.1, 0.15) is 9.09 Å². The Hall–Kier alpha value is -1.01. The Bertz CT molecular complexity index is 584. The highest BCUT2D eigenvalue weighted by Gasteiger charge is 2.38. The molecule has 0 saturated heterocycles. The van der Waals surface area contributed by atoms with E-state index in [0.717, 1.165) is 11.3 Å². The van der Waals surface area contributed by atoms with Gasteiger partial charge >= 0.3 is 5.97 Å². The van der Waals surface area contributed by atoms with Crippen LogP contribution in [-0.4, -0.2) is 29.3 Å². The van der Waals surface area contributed by atoms with Crippen molar-refractivity contribution in [3.8, 4) is 0 Å². The monoisotopic (exact) mass is 300 g/mol. The van der Waals surface area contributed by atoms with Gasteiger partial charge in [0.15, 0.2) is 5.78 Å². The smallest absolute Gasteiger partial charge is 0.348 e. The fraction of sp³-hybridized carbons (Fsp3) is 0.538. The second-order valence-corrected chi connectivity index (χ2v) is 8.05. The van der Waals surface area contributed by atoms with Crippen LogP contribution in [0.4, 0.5) is 0 Å². The fourth-order valence-electron chi connectivity index (χ4n) is 2.42. The molecule has 4 nitrogen and oxygen atoms in total. The first-order chi connectivity index (χ1) is 8.76. The maximum absolute atomic E-state index is 12.3. The maximum Gasteiger partial charge on any atom is 0.348 e. The molecule has 2 rings (SSSR count). The molecular formula is C13H16O4S2. The summed E-state index contributed by atoms with van der Waals surface area (Å²) in [7, 11) is 0.0407. The van der Waals surface area contributed by atoms with Gasteiger partial charge in [-0.05, 0) is 17.4 Å². The van der Waals surface area contributed by atoms with Gasteiger partial charge in [0.05, 0.1) is 17.9 Å². The van der Waals surface area contributed by atoms with Gasteiger partial charge in [0.2, 0.25) is 0 Å². The summed E-state index contributed by atoms with van der Waals surface area (Å²) in [6.07, 6.45) is 2.58. The number of fused-ring (bicyclic) bond motifs is 1. The van der Waals surface area contributed by atoms with E-state index in [1.165, 1.54) is 13.4 Å². The molecule has 0 saturated carbocycles. The number of thiophene rings is 1. The standard InChI is InChI=1S/C13H16O4S2/c1-13(2)5-7-9(8(14)6-13)12(19(4)16)18-10(7)11(15)17-3/h5-6H2,1-4H3/t19-/m1/s1. The summed E-state index contributed by atoms with van der Waals surface area (Å²) in [5.74, 6) is -0.480. The second-order valence-electron chi connectivity index (χ2n) is 5.46. The normalized spacial score (nSPS) is 18.8. The van der Waals surface area contributed by atoms with Gasteiger partial charge in [-0.25, -0.2) is 4.79 Å². The molecule has 1 aliphatic rings. The van der Waals surface area contributed by atoms with E-state index >= 15 is 0 Å². The van der Waals surface area contributed by atoms with Crippen molar-refractivity contribution in [3.05, 3.63) is 16.0 Å².